The molecular formula is C9H10BrFO. The lowest BCUT2D eigenvalue weighted by molar-refractivity contribution is 0.0784. The molecule has 0 aliphatic carbocycles. The SMILES string of the molecule is CC(C)(O)c1ccc(F)c(Br)c1. The lowest BCUT2D eigenvalue weighted by atomic mass is 9.99. The van der Waals surface area contributed by atoms with E-state index in [9.17, 15) is 9.50 Å². The fourth-order valence-electron chi connectivity index (χ4n) is 0.877. The summed E-state index contributed by atoms with van der Waals surface area (Å²) in [4.78, 5) is 0. The van der Waals surface area contributed by atoms with E-state index in [0.29, 0.717) is 10.0 Å². The van der Waals surface area contributed by atoms with Crippen LogP contribution in [0.1, 0.15) is 19.4 Å². The summed E-state index contributed by atoms with van der Waals surface area (Å²) in [5.41, 5.74) is -0.230. The van der Waals surface area contributed by atoms with E-state index in [1.54, 1.807) is 26.0 Å². The number of benzene rings is 1. The van der Waals surface area contributed by atoms with E-state index in [2.05, 4.69) is 15.9 Å². The summed E-state index contributed by atoms with van der Waals surface area (Å²) in [6.07, 6.45) is 0. The van der Waals surface area contributed by atoms with Gasteiger partial charge in [0.2, 0.25) is 0 Å². The van der Waals surface area contributed by atoms with E-state index in [4.69, 9.17) is 0 Å². The van der Waals surface area contributed by atoms with Crippen molar-refractivity contribution in [1.29, 1.82) is 0 Å². The molecule has 0 aliphatic heterocycles. The van der Waals surface area contributed by atoms with Gasteiger partial charge in [0, 0.05) is 0 Å². The van der Waals surface area contributed by atoms with Crippen molar-refractivity contribution in [3.63, 3.8) is 0 Å². The van der Waals surface area contributed by atoms with Crippen molar-refractivity contribution >= 4 is 15.9 Å². The molecule has 0 aromatic heterocycles. The van der Waals surface area contributed by atoms with E-state index in [0.717, 1.165) is 0 Å². The Morgan fingerprint density at radius 1 is 1.42 bits per heavy atom. The molecule has 0 bridgehead atoms. The zero-order valence-corrected chi connectivity index (χ0v) is 8.52. The van der Waals surface area contributed by atoms with Gasteiger partial charge in [0.1, 0.15) is 5.82 Å². The molecule has 0 saturated heterocycles. The third-order valence-electron chi connectivity index (χ3n) is 1.63. The zero-order valence-electron chi connectivity index (χ0n) is 6.94. The van der Waals surface area contributed by atoms with Gasteiger partial charge in [-0.05, 0) is 47.5 Å². The molecule has 0 atom stereocenters. The predicted molar refractivity (Wildman–Crippen MR) is 49.3 cm³/mol. The zero-order chi connectivity index (χ0) is 9.35. The van der Waals surface area contributed by atoms with Crippen LogP contribution in [0.4, 0.5) is 4.39 Å². The minimum atomic E-state index is -0.920. The molecule has 66 valence electrons. The molecule has 1 aromatic rings. The molecule has 1 nitrogen and oxygen atoms in total. The van der Waals surface area contributed by atoms with Gasteiger partial charge >= 0.3 is 0 Å². The van der Waals surface area contributed by atoms with Crippen LogP contribution < -0.4 is 0 Å². The molecule has 0 amide bonds. The van der Waals surface area contributed by atoms with E-state index in [1.165, 1.54) is 6.07 Å². The third-order valence-corrected chi connectivity index (χ3v) is 2.23. The number of aliphatic hydroxyl groups is 1. The Morgan fingerprint density at radius 2 is 2.00 bits per heavy atom. The second-order valence-electron chi connectivity index (χ2n) is 3.19. The monoisotopic (exact) mass is 232 g/mol. The first kappa shape index (κ1) is 9.68. The Hall–Kier alpha value is -0.410. The lowest BCUT2D eigenvalue weighted by Crippen LogP contribution is -2.15. The van der Waals surface area contributed by atoms with Gasteiger partial charge in [-0.15, -0.1) is 0 Å². The molecule has 0 saturated carbocycles. The topological polar surface area (TPSA) is 20.2 Å². The van der Waals surface area contributed by atoms with Gasteiger partial charge in [-0.1, -0.05) is 6.07 Å². The molecule has 0 radical (unpaired) electrons. The van der Waals surface area contributed by atoms with Gasteiger partial charge in [-0.2, -0.15) is 0 Å². The minimum Gasteiger partial charge on any atom is -0.386 e. The summed E-state index contributed by atoms with van der Waals surface area (Å²) in [7, 11) is 0. The first-order chi connectivity index (χ1) is 5.41. The maximum atomic E-state index is 12.8. The summed E-state index contributed by atoms with van der Waals surface area (Å²) in [6, 6.07) is 4.48. The number of rotatable bonds is 1. The average molecular weight is 233 g/mol. The minimum absolute atomic E-state index is 0.317. The Labute approximate surface area is 79.4 Å². The van der Waals surface area contributed by atoms with Crippen molar-refractivity contribution < 1.29 is 9.50 Å². The van der Waals surface area contributed by atoms with Gasteiger partial charge in [-0.3, -0.25) is 0 Å². The molecule has 1 rings (SSSR count). The van der Waals surface area contributed by atoms with Crippen molar-refractivity contribution in [3.05, 3.63) is 34.1 Å². The largest absolute Gasteiger partial charge is 0.386 e. The third kappa shape index (κ3) is 2.05. The van der Waals surface area contributed by atoms with Crippen LogP contribution in [0.25, 0.3) is 0 Å². The molecule has 0 aliphatic rings. The highest BCUT2D eigenvalue weighted by molar-refractivity contribution is 9.10. The summed E-state index contributed by atoms with van der Waals surface area (Å²) in [5, 5.41) is 9.56. The normalized spacial score (nSPS) is 11.8. The maximum Gasteiger partial charge on any atom is 0.137 e. The van der Waals surface area contributed by atoms with Crippen LogP contribution in [0.2, 0.25) is 0 Å². The Bertz CT molecular complexity index is 291. The Morgan fingerprint density at radius 3 is 2.42 bits per heavy atom. The molecule has 1 N–H and O–H groups in total. The highest BCUT2D eigenvalue weighted by Crippen LogP contribution is 2.24. The van der Waals surface area contributed by atoms with E-state index in [-0.39, 0.29) is 5.82 Å². The van der Waals surface area contributed by atoms with Crippen molar-refractivity contribution in [3.8, 4) is 0 Å². The van der Waals surface area contributed by atoms with Crippen molar-refractivity contribution in [2.24, 2.45) is 0 Å². The van der Waals surface area contributed by atoms with Crippen LogP contribution in [-0.2, 0) is 5.60 Å². The van der Waals surface area contributed by atoms with Gasteiger partial charge < -0.3 is 5.11 Å². The van der Waals surface area contributed by atoms with Crippen LogP contribution in [-0.4, -0.2) is 5.11 Å². The predicted octanol–water partition coefficient (Wildman–Crippen LogP) is 2.82. The van der Waals surface area contributed by atoms with Crippen molar-refractivity contribution in [1.82, 2.24) is 0 Å². The second kappa shape index (κ2) is 3.15. The molecule has 0 spiro atoms. The fraction of sp³-hybridized carbons (Fsp3) is 0.333. The molecule has 0 unspecified atom stereocenters. The van der Waals surface area contributed by atoms with Crippen molar-refractivity contribution in [2.75, 3.05) is 0 Å². The number of hydrogen-bond donors (Lipinski definition) is 1. The van der Waals surface area contributed by atoms with Crippen LogP contribution in [0, 0.1) is 5.82 Å². The standard InChI is InChI=1S/C9H10BrFO/c1-9(2,12)6-3-4-8(11)7(10)5-6/h3-5,12H,1-2H3. The number of hydrogen-bond acceptors (Lipinski definition) is 1. The van der Waals surface area contributed by atoms with Gasteiger partial charge in [0.25, 0.3) is 0 Å². The summed E-state index contributed by atoms with van der Waals surface area (Å²) >= 11 is 3.05. The summed E-state index contributed by atoms with van der Waals surface area (Å²) in [6.45, 7) is 3.32. The van der Waals surface area contributed by atoms with Crippen molar-refractivity contribution in [2.45, 2.75) is 19.4 Å². The first-order valence-electron chi connectivity index (χ1n) is 3.59. The molecule has 0 heterocycles. The molecular weight excluding hydrogens is 223 g/mol. The quantitative estimate of drug-likeness (QED) is 0.790. The fourth-order valence-corrected chi connectivity index (χ4v) is 1.26. The van der Waals surface area contributed by atoms with E-state index < -0.39 is 5.60 Å². The van der Waals surface area contributed by atoms with Crippen LogP contribution in [0.3, 0.4) is 0 Å². The summed E-state index contributed by atoms with van der Waals surface area (Å²) in [5.74, 6) is -0.317. The first-order valence-corrected chi connectivity index (χ1v) is 4.38. The highest BCUT2D eigenvalue weighted by Gasteiger charge is 2.16. The lowest BCUT2D eigenvalue weighted by Gasteiger charge is -2.17. The second-order valence-corrected chi connectivity index (χ2v) is 4.04. The molecule has 0 fully saturated rings. The maximum absolute atomic E-state index is 12.8. The molecule has 12 heavy (non-hydrogen) atoms. The van der Waals surface area contributed by atoms with Crippen LogP contribution in [0.15, 0.2) is 22.7 Å². The Balaban J connectivity index is 3.14. The van der Waals surface area contributed by atoms with Gasteiger partial charge in [0.15, 0.2) is 0 Å². The summed E-state index contributed by atoms with van der Waals surface area (Å²) < 4.78 is 13.1. The van der Waals surface area contributed by atoms with E-state index >= 15 is 0 Å². The average Bonchev–Trinajstić information content (AvgIpc) is 1.92. The Kier molecular flexibility index (Phi) is 2.54. The van der Waals surface area contributed by atoms with Crippen LogP contribution >= 0.6 is 15.9 Å². The van der Waals surface area contributed by atoms with Gasteiger partial charge in [0.05, 0.1) is 10.1 Å². The number of halogens is 2. The van der Waals surface area contributed by atoms with Gasteiger partial charge in [-0.25, -0.2) is 4.39 Å². The smallest absolute Gasteiger partial charge is 0.137 e. The molecule has 1 aromatic carbocycles. The highest BCUT2D eigenvalue weighted by atomic mass is 79.9. The molecule has 3 heteroatoms. The van der Waals surface area contributed by atoms with E-state index in [1.807, 2.05) is 0 Å². The van der Waals surface area contributed by atoms with Crippen LogP contribution in [0.5, 0.6) is 0 Å².